The lowest BCUT2D eigenvalue weighted by molar-refractivity contribution is -0.116. The molecule has 0 atom stereocenters. The van der Waals surface area contributed by atoms with Crippen LogP contribution in [0.4, 0.5) is 5.13 Å². The molecule has 1 aliphatic rings. The molecule has 2 heterocycles. The summed E-state index contributed by atoms with van der Waals surface area (Å²) in [6.45, 7) is 4.24. The first kappa shape index (κ1) is 17.3. The Morgan fingerprint density at radius 2 is 2.15 bits per heavy atom. The van der Waals surface area contributed by atoms with Crippen LogP contribution in [0.3, 0.4) is 0 Å². The molecule has 0 aliphatic heterocycles. The summed E-state index contributed by atoms with van der Waals surface area (Å²) in [5.41, 5.74) is 2.70. The Hall–Kier alpha value is -2.12. The van der Waals surface area contributed by atoms with Crippen molar-refractivity contribution in [2.24, 2.45) is 0 Å². The maximum absolute atomic E-state index is 12.8. The lowest BCUT2D eigenvalue weighted by Crippen LogP contribution is -2.32. The van der Waals surface area contributed by atoms with Gasteiger partial charge in [0.2, 0.25) is 5.91 Å². The number of anilines is 1. The number of thiazole rings is 1. The van der Waals surface area contributed by atoms with Crippen LogP contribution in [0.25, 0.3) is 11.1 Å². The highest BCUT2D eigenvalue weighted by molar-refractivity contribution is 7.99. The van der Waals surface area contributed by atoms with E-state index in [4.69, 9.17) is 9.40 Å². The second-order valence-electron chi connectivity index (χ2n) is 6.10. The van der Waals surface area contributed by atoms with E-state index in [0.29, 0.717) is 11.8 Å². The number of aryl methyl sites for hydroxylation is 2. The molecule has 0 saturated heterocycles. The Kier molecular flexibility index (Phi) is 5.08. The minimum Gasteiger partial charge on any atom is -0.431 e. The molecule has 26 heavy (non-hydrogen) atoms. The summed E-state index contributed by atoms with van der Waals surface area (Å²) in [6, 6.07) is 7.59. The number of hydrogen-bond donors (Lipinski definition) is 0. The predicted octanol–water partition coefficient (Wildman–Crippen LogP) is 4.47. The van der Waals surface area contributed by atoms with Crippen molar-refractivity contribution < 1.29 is 9.21 Å². The van der Waals surface area contributed by atoms with Crippen molar-refractivity contribution in [2.75, 3.05) is 17.2 Å². The van der Waals surface area contributed by atoms with Gasteiger partial charge < -0.3 is 4.42 Å². The second-order valence-corrected chi connectivity index (χ2v) is 8.09. The molecule has 1 amide bonds. The van der Waals surface area contributed by atoms with E-state index in [-0.39, 0.29) is 11.7 Å². The molecule has 0 N–H and O–H groups in total. The lowest BCUT2D eigenvalue weighted by atomic mass is 10.0. The summed E-state index contributed by atoms with van der Waals surface area (Å²) < 4.78 is 5.68. The van der Waals surface area contributed by atoms with E-state index in [2.05, 4.69) is 11.6 Å². The summed E-state index contributed by atoms with van der Waals surface area (Å²) >= 11 is 2.95. The standard InChI is InChI=1S/C19H19N3O2S2/c1-2-11-22(18-20-14-8-4-6-10-16(14)26-18)17(23)12-25-19-21-13-7-3-5-9-15(13)24-19/h2-3,5,7,9H,1,4,6,8,10-12H2. The molecule has 0 bridgehead atoms. The molecular formula is C19H19N3O2S2. The zero-order chi connectivity index (χ0) is 17.9. The first-order valence-corrected chi connectivity index (χ1v) is 10.4. The van der Waals surface area contributed by atoms with Crippen LogP contribution in [-0.2, 0) is 17.6 Å². The van der Waals surface area contributed by atoms with Gasteiger partial charge in [0.1, 0.15) is 5.52 Å². The molecule has 0 saturated carbocycles. The van der Waals surface area contributed by atoms with Crippen LogP contribution in [0.5, 0.6) is 0 Å². The van der Waals surface area contributed by atoms with Gasteiger partial charge in [-0.1, -0.05) is 30.0 Å². The summed E-state index contributed by atoms with van der Waals surface area (Å²) in [4.78, 5) is 24.9. The fourth-order valence-electron chi connectivity index (χ4n) is 2.98. The maximum Gasteiger partial charge on any atom is 0.257 e. The van der Waals surface area contributed by atoms with Gasteiger partial charge >= 0.3 is 0 Å². The van der Waals surface area contributed by atoms with Crippen molar-refractivity contribution in [2.45, 2.75) is 30.9 Å². The third kappa shape index (κ3) is 3.54. The zero-order valence-corrected chi connectivity index (χ0v) is 15.9. The maximum atomic E-state index is 12.8. The quantitative estimate of drug-likeness (QED) is 0.463. The number of oxazole rings is 1. The molecular weight excluding hydrogens is 366 g/mol. The van der Waals surface area contributed by atoms with Crippen molar-refractivity contribution in [3.8, 4) is 0 Å². The molecule has 3 aromatic rings. The smallest absolute Gasteiger partial charge is 0.257 e. The number of amides is 1. The fraction of sp³-hybridized carbons (Fsp3) is 0.316. The molecule has 4 rings (SSSR count). The fourth-order valence-corrected chi connectivity index (χ4v) is 4.87. The number of benzene rings is 1. The molecule has 2 aromatic heterocycles. The number of fused-ring (bicyclic) bond motifs is 2. The van der Waals surface area contributed by atoms with E-state index in [9.17, 15) is 4.79 Å². The minimum absolute atomic E-state index is 0.0109. The van der Waals surface area contributed by atoms with Gasteiger partial charge in [0, 0.05) is 11.4 Å². The Morgan fingerprint density at radius 1 is 1.31 bits per heavy atom. The Balaban J connectivity index is 1.48. The van der Waals surface area contributed by atoms with Crippen molar-refractivity contribution in [3.05, 3.63) is 47.5 Å². The average Bonchev–Trinajstić information content (AvgIpc) is 3.27. The van der Waals surface area contributed by atoms with Crippen molar-refractivity contribution in [3.63, 3.8) is 0 Å². The third-order valence-electron chi connectivity index (χ3n) is 4.27. The highest BCUT2D eigenvalue weighted by Gasteiger charge is 2.23. The van der Waals surface area contributed by atoms with Gasteiger partial charge in [-0.25, -0.2) is 9.97 Å². The number of carbonyl (C=O) groups excluding carboxylic acids is 1. The summed E-state index contributed by atoms with van der Waals surface area (Å²) in [5, 5.41) is 1.29. The monoisotopic (exact) mass is 385 g/mol. The van der Waals surface area contributed by atoms with E-state index in [1.54, 1.807) is 22.3 Å². The lowest BCUT2D eigenvalue weighted by Gasteiger charge is -2.17. The van der Waals surface area contributed by atoms with E-state index in [0.717, 1.165) is 34.8 Å². The number of aromatic nitrogens is 2. The molecule has 0 fully saturated rings. The van der Waals surface area contributed by atoms with Gasteiger partial charge in [0.15, 0.2) is 10.7 Å². The summed E-state index contributed by atoms with van der Waals surface area (Å²) in [7, 11) is 0. The average molecular weight is 386 g/mol. The number of thioether (sulfide) groups is 1. The molecule has 7 heteroatoms. The van der Waals surface area contributed by atoms with Crippen molar-refractivity contribution in [1.82, 2.24) is 9.97 Å². The molecule has 0 spiro atoms. The van der Waals surface area contributed by atoms with Crippen molar-refractivity contribution in [1.29, 1.82) is 0 Å². The van der Waals surface area contributed by atoms with E-state index in [1.807, 2.05) is 24.3 Å². The summed E-state index contributed by atoms with van der Waals surface area (Å²) in [6.07, 6.45) is 6.21. The largest absolute Gasteiger partial charge is 0.431 e. The molecule has 1 aliphatic carbocycles. The van der Waals surface area contributed by atoms with Crippen LogP contribution in [0.2, 0.25) is 0 Å². The van der Waals surface area contributed by atoms with Gasteiger partial charge in [-0.05, 0) is 37.8 Å². The Morgan fingerprint density at radius 3 is 2.96 bits per heavy atom. The van der Waals surface area contributed by atoms with E-state index >= 15 is 0 Å². The molecule has 0 radical (unpaired) electrons. The van der Waals surface area contributed by atoms with Gasteiger partial charge in [-0.2, -0.15) is 0 Å². The van der Waals surface area contributed by atoms with Crippen LogP contribution in [0, 0.1) is 0 Å². The van der Waals surface area contributed by atoms with E-state index in [1.165, 1.54) is 29.5 Å². The Bertz CT molecular complexity index is 891. The highest BCUT2D eigenvalue weighted by Crippen LogP contribution is 2.32. The zero-order valence-electron chi connectivity index (χ0n) is 14.3. The predicted molar refractivity (Wildman–Crippen MR) is 106 cm³/mol. The number of nitrogens with zero attached hydrogens (tertiary/aromatic N) is 3. The Labute approximate surface area is 160 Å². The third-order valence-corrected chi connectivity index (χ3v) is 6.26. The van der Waals surface area contributed by atoms with E-state index < -0.39 is 0 Å². The molecule has 134 valence electrons. The van der Waals surface area contributed by atoms with Gasteiger partial charge in [-0.15, -0.1) is 17.9 Å². The van der Waals surface area contributed by atoms with Crippen LogP contribution in [0.15, 0.2) is 46.6 Å². The van der Waals surface area contributed by atoms with Gasteiger partial charge in [-0.3, -0.25) is 9.69 Å². The SMILES string of the molecule is C=CCN(C(=O)CSc1nc2ccccc2o1)c1nc2c(s1)CCCC2. The van der Waals surface area contributed by atoms with Crippen LogP contribution < -0.4 is 4.90 Å². The van der Waals surface area contributed by atoms with Gasteiger partial charge in [0.05, 0.1) is 11.4 Å². The number of rotatable bonds is 6. The number of carbonyl (C=O) groups is 1. The molecule has 0 unspecified atom stereocenters. The molecule has 5 nitrogen and oxygen atoms in total. The van der Waals surface area contributed by atoms with Crippen LogP contribution >= 0.6 is 23.1 Å². The minimum atomic E-state index is -0.0109. The first-order valence-electron chi connectivity index (χ1n) is 8.63. The van der Waals surface area contributed by atoms with Crippen molar-refractivity contribution >= 4 is 45.2 Å². The normalized spacial score (nSPS) is 13.5. The topological polar surface area (TPSA) is 59.2 Å². The number of para-hydroxylation sites is 2. The van der Waals surface area contributed by atoms with Gasteiger partial charge in [0.25, 0.3) is 5.22 Å². The summed E-state index contributed by atoms with van der Waals surface area (Å²) in [5.74, 6) is 0.244. The van der Waals surface area contributed by atoms with Crippen LogP contribution in [-0.4, -0.2) is 28.2 Å². The number of hydrogen-bond acceptors (Lipinski definition) is 6. The van der Waals surface area contributed by atoms with Crippen LogP contribution in [0.1, 0.15) is 23.4 Å². The second kappa shape index (κ2) is 7.63. The highest BCUT2D eigenvalue weighted by atomic mass is 32.2. The first-order chi connectivity index (χ1) is 12.7. The molecule has 1 aromatic carbocycles.